The van der Waals surface area contributed by atoms with Crippen LogP contribution >= 0.6 is 0 Å². The monoisotopic (exact) mass is 285 g/mol. The highest BCUT2D eigenvalue weighted by Crippen LogP contribution is 2.28. The van der Waals surface area contributed by atoms with Gasteiger partial charge in [-0.05, 0) is 43.8 Å². The van der Waals surface area contributed by atoms with Gasteiger partial charge in [0.2, 0.25) is 0 Å². The number of likely N-dealkylation sites (tertiary alicyclic amines) is 1. The molecule has 0 aromatic heterocycles. The van der Waals surface area contributed by atoms with E-state index in [4.69, 9.17) is 0 Å². The van der Waals surface area contributed by atoms with Gasteiger partial charge < -0.3 is 10.2 Å². The normalized spacial score (nSPS) is 36.2. The smallest absolute Gasteiger partial charge is 0.0234 e. The third kappa shape index (κ3) is 3.15. The lowest BCUT2D eigenvalue weighted by molar-refractivity contribution is 0.208. The van der Waals surface area contributed by atoms with Crippen LogP contribution in [0.5, 0.6) is 0 Å². The van der Waals surface area contributed by atoms with Gasteiger partial charge >= 0.3 is 0 Å². The second-order valence-electron chi connectivity index (χ2n) is 7.12. The van der Waals surface area contributed by atoms with E-state index < -0.39 is 0 Å². The second-order valence-corrected chi connectivity index (χ2v) is 7.12. The Morgan fingerprint density at radius 2 is 1.81 bits per heavy atom. The minimum Gasteiger partial charge on any atom is -0.310 e. The molecule has 3 nitrogen and oxygen atoms in total. The fraction of sp³-hybridized carbons (Fsp3) is 0.667. The molecule has 0 amide bonds. The van der Waals surface area contributed by atoms with Crippen molar-refractivity contribution in [3.63, 3.8) is 0 Å². The average Bonchev–Trinajstić information content (AvgIpc) is 3.11. The first kappa shape index (κ1) is 13.7. The van der Waals surface area contributed by atoms with Crippen molar-refractivity contribution in [1.29, 1.82) is 0 Å². The van der Waals surface area contributed by atoms with E-state index in [2.05, 4.69) is 45.4 Å². The maximum absolute atomic E-state index is 3.99. The number of hydrogen-bond donors (Lipinski definition) is 1. The zero-order valence-electron chi connectivity index (χ0n) is 12.9. The standard InChI is InChI=1S/C18H27N3/c1-2-4-15(5-3-1)12-21-10-7-17(14-21)19-18-8-11-20-9-6-16(18)13-20/h1-5,16-19H,6-14H2. The first-order valence-corrected chi connectivity index (χ1v) is 8.61. The van der Waals surface area contributed by atoms with Crippen molar-refractivity contribution in [2.75, 3.05) is 32.7 Å². The van der Waals surface area contributed by atoms with Gasteiger partial charge in [-0.15, -0.1) is 0 Å². The van der Waals surface area contributed by atoms with E-state index in [9.17, 15) is 0 Å². The van der Waals surface area contributed by atoms with Gasteiger partial charge in [-0.2, -0.15) is 0 Å². The van der Waals surface area contributed by atoms with Crippen LogP contribution in [-0.4, -0.2) is 54.6 Å². The van der Waals surface area contributed by atoms with E-state index in [1.807, 2.05) is 0 Å². The van der Waals surface area contributed by atoms with Crippen LogP contribution < -0.4 is 5.32 Å². The Hall–Kier alpha value is -0.900. The van der Waals surface area contributed by atoms with Gasteiger partial charge in [0.15, 0.2) is 0 Å². The number of nitrogens with one attached hydrogen (secondary N) is 1. The van der Waals surface area contributed by atoms with Gasteiger partial charge in [0, 0.05) is 38.3 Å². The van der Waals surface area contributed by atoms with E-state index in [1.54, 1.807) is 0 Å². The molecule has 114 valence electrons. The number of fused-ring (bicyclic) bond motifs is 2. The van der Waals surface area contributed by atoms with E-state index in [1.165, 1.54) is 57.5 Å². The van der Waals surface area contributed by atoms with E-state index in [0.29, 0.717) is 6.04 Å². The maximum atomic E-state index is 3.99. The molecule has 4 rings (SSSR count). The van der Waals surface area contributed by atoms with Crippen molar-refractivity contribution in [2.45, 2.75) is 37.9 Å². The summed E-state index contributed by atoms with van der Waals surface area (Å²) < 4.78 is 0. The van der Waals surface area contributed by atoms with E-state index in [-0.39, 0.29) is 0 Å². The second kappa shape index (κ2) is 6.07. The Bertz CT molecular complexity index is 461. The number of nitrogens with zero attached hydrogens (tertiary/aromatic N) is 2. The quantitative estimate of drug-likeness (QED) is 0.912. The zero-order valence-corrected chi connectivity index (χ0v) is 12.9. The molecule has 1 aromatic carbocycles. The van der Waals surface area contributed by atoms with Gasteiger partial charge in [0.25, 0.3) is 0 Å². The molecule has 3 heteroatoms. The lowest BCUT2D eigenvalue weighted by Gasteiger charge is -2.33. The SMILES string of the molecule is c1ccc(CN2CCC(NC3CCN4CCC3C4)C2)cc1. The van der Waals surface area contributed by atoms with Crippen LogP contribution in [0.3, 0.4) is 0 Å². The highest BCUT2D eigenvalue weighted by molar-refractivity contribution is 5.14. The topological polar surface area (TPSA) is 18.5 Å². The summed E-state index contributed by atoms with van der Waals surface area (Å²) in [5, 5.41) is 3.99. The van der Waals surface area contributed by atoms with Crippen molar-refractivity contribution in [2.24, 2.45) is 5.92 Å². The van der Waals surface area contributed by atoms with Gasteiger partial charge in [0.05, 0.1) is 0 Å². The summed E-state index contributed by atoms with van der Waals surface area (Å²) in [6, 6.07) is 12.4. The van der Waals surface area contributed by atoms with Crippen molar-refractivity contribution in [3.05, 3.63) is 35.9 Å². The molecule has 3 fully saturated rings. The fourth-order valence-electron chi connectivity index (χ4n) is 4.43. The van der Waals surface area contributed by atoms with Crippen molar-refractivity contribution < 1.29 is 0 Å². The van der Waals surface area contributed by atoms with Crippen LogP contribution in [0.1, 0.15) is 24.8 Å². The van der Waals surface area contributed by atoms with Crippen molar-refractivity contribution in [3.8, 4) is 0 Å². The summed E-state index contributed by atoms with van der Waals surface area (Å²) in [5.74, 6) is 0.918. The Morgan fingerprint density at radius 1 is 0.952 bits per heavy atom. The Kier molecular flexibility index (Phi) is 3.97. The van der Waals surface area contributed by atoms with Crippen LogP contribution in [0, 0.1) is 5.92 Å². The lowest BCUT2D eigenvalue weighted by Crippen LogP contribution is -2.48. The van der Waals surface area contributed by atoms with E-state index in [0.717, 1.165) is 18.5 Å². The van der Waals surface area contributed by atoms with Crippen LogP contribution in [-0.2, 0) is 6.54 Å². The minimum atomic E-state index is 0.714. The summed E-state index contributed by atoms with van der Waals surface area (Å²) >= 11 is 0. The van der Waals surface area contributed by atoms with Crippen LogP contribution in [0.4, 0.5) is 0 Å². The Labute approximate surface area is 128 Å². The summed E-state index contributed by atoms with van der Waals surface area (Å²) in [6.45, 7) is 7.58. The predicted molar refractivity (Wildman–Crippen MR) is 86.2 cm³/mol. The molecular weight excluding hydrogens is 258 g/mol. The molecular formula is C18H27N3. The van der Waals surface area contributed by atoms with Gasteiger partial charge in [-0.25, -0.2) is 0 Å². The largest absolute Gasteiger partial charge is 0.310 e. The third-order valence-electron chi connectivity index (χ3n) is 5.61. The van der Waals surface area contributed by atoms with Gasteiger partial charge in [0.1, 0.15) is 0 Å². The predicted octanol–water partition coefficient (Wildman–Crippen LogP) is 1.94. The molecule has 2 bridgehead atoms. The van der Waals surface area contributed by atoms with Crippen LogP contribution in [0.15, 0.2) is 30.3 Å². The molecule has 3 aliphatic heterocycles. The van der Waals surface area contributed by atoms with Crippen molar-refractivity contribution in [1.82, 2.24) is 15.1 Å². The molecule has 1 aromatic rings. The number of piperidine rings is 1. The number of benzene rings is 1. The Morgan fingerprint density at radius 3 is 2.71 bits per heavy atom. The molecule has 3 heterocycles. The van der Waals surface area contributed by atoms with Crippen LogP contribution in [0.25, 0.3) is 0 Å². The average molecular weight is 285 g/mol. The summed E-state index contributed by atoms with van der Waals surface area (Å²) in [4.78, 5) is 5.25. The summed E-state index contributed by atoms with van der Waals surface area (Å²) in [5.41, 5.74) is 1.45. The number of hydrogen-bond acceptors (Lipinski definition) is 3. The van der Waals surface area contributed by atoms with Crippen molar-refractivity contribution >= 4 is 0 Å². The minimum absolute atomic E-state index is 0.714. The molecule has 0 saturated carbocycles. The molecule has 0 spiro atoms. The fourth-order valence-corrected chi connectivity index (χ4v) is 4.43. The molecule has 4 atom stereocenters. The highest BCUT2D eigenvalue weighted by Gasteiger charge is 2.36. The zero-order chi connectivity index (χ0) is 14.1. The molecule has 0 aliphatic carbocycles. The van der Waals surface area contributed by atoms with Gasteiger partial charge in [-0.3, -0.25) is 4.90 Å². The first-order chi connectivity index (χ1) is 10.4. The molecule has 0 radical (unpaired) electrons. The number of rotatable bonds is 4. The van der Waals surface area contributed by atoms with Crippen LogP contribution in [0.2, 0.25) is 0 Å². The molecule has 3 saturated heterocycles. The molecule has 21 heavy (non-hydrogen) atoms. The molecule has 1 N–H and O–H groups in total. The van der Waals surface area contributed by atoms with E-state index >= 15 is 0 Å². The van der Waals surface area contributed by atoms with Gasteiger partial charge in [-0.1, -0.05) is 30.3 Å². The third-order valence-corrected chi connectivity index (χ3v) is 5.61. The lowest BCUT2D eigenvalue weighted by atomic mass is 9.93. The summed E-state index contributed by atoms with van der Waals surface area (Å²) in [6.07, 6.45) is 4.09. The highest BCUT2D eigenvalue weighted by atomic mass is 15.2. The molecule has 4 unspecified atom stereocenters. The Balaban J connectivity index is 1.28. The molecule has 3 aliphatic rings. The summed E-state index contributed by atoms with van der Waals surface area (Å²) in [7, 11) is 0. The first-order valence-electron chi connectivity index (χ1n) is 8.61. The maximum Gasteiger partial charge on any atom is 0.0234 e.